The van der Waals surface area contributed by atoms with Gasteiger partial charge in [0.05, 0.1) is 6.61 Å². The number of unbranched alkanes of at least 4 members (excludes halogenated alkanes) is 1. The van der Waals surface area contributed by atoms with E-state index < -0.39 is 0 Å². The summed E-state index contributed by atoms with van der Waals surface area (Å²) in [6, 6.07) is 6.20. The predicted octanol–water partition coefficient (Wildman–Crippen LogP) is 1.67. The number of primary amides is 1. The third-order valence-corrected chi connectivity index (χ3v) is 3.33. The first-order valence-corrected chi connectivity index (χ1v) is 6.46. The topological polar surface area (TPSA) is 78.3 Å². The molecule has 1 heterocycles. The van der Waals surface area contributed by atoms with Gasteiger partial charge in [-0.1, -0.05) is 18.6 Å². The Morgan fingerprint density at radius 2 is 2.22 bits per heavy atom. The van der Waals surface area contributed by atoms with Crippen LogP contribution in [0, 0.1) is 0 Å². The van der Waals surface area contributed by atoms with Crippen molar-refractivity contribution in [2.75, 3.05) is 6.61 Å². The van der Waals surface area contributed by atoms with Gasteiger partial charge in [-0.3, -0.25) is 4.79 Å². The van der Waals surface area contributed by atoms with Gasteiger partial charge in [-0.15, -0.1) is 0 Å². The molecule has 2 rings (SSSR count). The first-order valence-electron chi connectivity index (χ1n) is 6.46. The molecule has 0 aliphatic carbocycles. The van der Waals surface area contributed by atoms with Crippen molar-refractivity contribution in [2.24, 2.45) is 11.5 Å². The van der Waals surface area contributed by atoms with Crippen LogP contribution < -0.4 is 16.2 Å². The Kier molecular flexibility index (Phi) is 4.20. The van der Waals surface area contributed by atoms with E-state index in [1.165, 1.54) is 5.56 Å². The molecule has 4 heteroatoms. The number of ether oxygens (including phenoxy) is 1. The van der Waals surface area contributed by atoms with E-state index in [9.17, 15) is 4.79 Å². The zero-order valence-electron chi connectivity index (χ0n) is 10.5. The average molecular weight is 248 g/mol. The fourth-order valence-corrected chi connectivity index (χ4v) is 2.27. The number of carbonyl (C=O) groups is 1. The fourth-order valence-electron chi connectivity index (χ4n) is 2.27. The Balaban J connectivity index is 1.85. The van der Waals surface area contributed by atoms with Gasteiger partial charge in [0.2, 0.25) is 5.91 Å². The highest BCUT2D eigenvalue weighted by atomic mass is 16.5. The summed E-state index contributed by atoms with van der Waals surface area (Å²) in [6.45, 7) is 0.770. The molecule has 1 aliphatic rings. The highest BCUT2D eigenvalue weighted by Gasteiger charge is 2.14. The average Bonchev–Trinajstić information content (AvgIpc) is 2.81. The van der Waals surface area contributed by atoms with Crippen LogP contribution in [-0.4, -0.2) is 12.5 Å². The highest BCUT2D eigenvalue weighted by Crippen LogP contribution is 2.28. The number of rotatable bonds is 6. The van der Waals surface area contributed by atoms with Crippen LogP contribution in [0.4, 0.5) is 0 Å². The summed E-state index contributed by atoms with van der Waals surface area (Å²) in [7, 11) is 0. The molecule has 0 saturated carbocycles. The third kappa shape index (κ3) is 3.23. The number of nitrogens with two attached hydrogens (primary N) is 2. The summed E-state index contributed by atoms with van der Waals surface area (Å²) in [5.41, 5.74) is 13.6. The number of benzene rings is 1. The number of fused-ring (bicyclic) bond motifs is 1. The molecule has 0 bridgehead atoms. The molecule has 4 nitrogen and oxygen atoms in total. The zero-order chi connectivity index (χ0) is 13.0. The number of amides is 1. The molecule has 1 aromatic rings. The van der Waals surface area contributed by atoms with E-state index in [1.807, 2.05) is 12.1 Å². The fraction of sp³-hybridized carbons (Fsp3) is 0.500. The summed E-state index contributed by atoms with van der Waals surface area (Å²) in [5, 5.41) is 0. The normalized spacial score (nSPS) is 14.9. The van der Waals surface area contributed by atoms with Crippen LogP contribution in [0.3, 0.4) is 0 Å². The van der Waals surface area contributed by atoms with Gasteiger partial charge in [0, 0.05) is 18.9 Å². The lowest BCUT2D eigenvalue weighted by molar-refractivity contribution is -0.118. The maximum Gasteiger partial charge on any atom is 0.217 e. The molecule has 0 saturated heterocycles. The van der Waals surface area contributed by atoms with E-state index in [-0.39, 0.29) is 11.9 Å². The predicted molar refractivity (Wildman–Crippen MR) is 70.2 cm³/mol. The molecule has 1 amide bonds. The summed E-state index contributed by atoms with van der Waals surface area (Å²) in [6.07, 6.45) is 4.05. The Hall–Kier alpha value is -1.55. The lowest BCUT2D eigenvalue weighted by Gasteiger charge is -2.12. The Bertz CT molecular complexity index is 432. The minimum Gasteiger partial charge on any atom is -0.493 e. The van der Waals surface area contributed by atoms with E-state index in [4.69, 9.17) is 16.2 Å². The summed E-state index contributed by atoms with van der Waals surface area (Å²) in [5.74, 6) is 0.748. The first-order chi connectivity index (χ1) is 8.66. The summed E-state index contributed by atoms with van der Waals surface area (Å²) in [4.78, 5) is 10.6. The van der Waals surface area contributed by atoms with E-state index in [0.29, 0.717) is 6.42 Å². The van der Waals surface area contributed by atoms with Crippen molar-refractivity contribution in [3.8, 4) is 5.75 Å². The smallest absolute Gasteiger partial charge is 0.217 e. The minimum atomic E-state index is -0.238. The van der Waals surface area contributed by atoms with Crippen LogP contribution in [0.1, 0.15) is 42.9 Å². The lowest BCUT2D eigenvalue weighted by Crippen LogP contribution is -2.12. The molecule has 0 aromatic heterocycles. The van der Waals surface area contributed by atoms with Crippen LogP contribution in [0.25, 0.3) is 0 Å². The van der Waals surface area contributed by atoms with Gasteiger partial charge in [-0.25, -0.2) is 0 Å². The second-order valence-electron chi connectivity index (χ2n) is 4.78. The Morgan fingerprint density at radius 3 is 3.00 bits per heavy atom. The first kappa shape index (κ1) is 12.9. The minimum absolute atomic E-state index is 0.0313. The van der Waals surface area contributed by atoms with Crippen molar-refractivity contribution in [1.82, 2.24) is 0 Å². The van der Waals surface area contributed by atoms with Gasteiger partial charge < -0.3 is 16.2 Å². The van der Waals surface area contributed by atoms with E-state index in [2.05, 4.69) is 6.07 Å². The van der Waals surface area contributed by atoms with Gasteiger partial charge in [0.1, 0.15) is 5.75 Å². The molecule has 98 valence electrons. The van der Waals surface area contributed by atoms with Crippen molar-refractivity contribution in [3.05, 3.63) is 29.3 Å². The second kappa shape index (κ2) is 5.87. The van der Waals surface area contributed by atoms with Gasteiger partial charge in [-0.2, -0.15) is 0 Å². The number of carbonyl (C=O) groups excluding carboxylic acids is 1. The van der Waals surface area contributed by atoms with Crippen molar-refractivity contribution < 1.29 is 9.53 Å². The van der Waals surface area contributed by atoms with Crippen LogP contribution in [0.2, 0.25) is 0 Å². The van der Waals surface area contributed by atoms with Gasteiger partial charge in [0.15, 0.2) is 0 Å². The molecule has 0 radical (unpaired) electrons. The Morgan fingerprint density at radius 1 is 1.39 bits per heavy atom. The number of hydrogen-bond acceptors (Lipinski definition) is 3. The molecule has 1 aliphatic heterocycles. The Labute approximate surface area is 107 Å². The monoisotopic (exact) mass is 248 g/mol. The van der Waals surface area contributed by atoms with E-state index in [1.54, 1.807) is 0 Å². The number of hydrogen-bond donors (Lipinski definition) is 2. The second-order valence-corrected chi connectivity index (χ2v) is 4.78. The van der Waals surface area contributed by atoms with Gasteiger partial charge in [0.25, 0.3) is 0 Å². The molecule has 1 atom stereocenters. The van der Waals surface area contributed by atoms with Crippen LogP contribution in [0.15, 0.2) is 18.2 Å². The molecule has 18 heavy (non-hydrogen) atoms. The maximum atomic E-state index is 10.6. The molecule has 0 spiro atoms. The van der Waals surface area contributed by atoms with Crippen molar-refractivity contribution in [1.29, 1.82) is 0 Å². The van der Waals surface area contributed by atoms with Crippen molar-refractivity contribution >= 4 is 5.91 Å². The SMILES string of the molecule is NC(=O)CCCCC(N)c1ccc2c(c1)CCO2. The molecule has 0 fully saturated rings. The summed E-state index contributed by atoms with van der Waals surface area (Å²) >= 11 is 0. The van der Waals surface area contributed by atoms with Crippen LogP contribution in [0.5, 0.6) is 5.75 Å². The van der Waals surface area contributed by atoms with E-state index >= 15 is 0 Å². The van der Waals surface area contributed by atoms with Crippen molar-refractivity contribution in [3.63, 3.8) is 0 Å². The zero-order valence-corrected chi connectivity index (χ0v) is 10.5. The quantitative estimate of drug-likeness (QED) is 0.752. The van der Waals surface area contributed by atoms with Gasteiger partial charge >= 0.3 is 0 Å². The highest BCUT2D eigenvalue weighted by molar-refractivity contribution is 5.73. The maximum absolute atomic E-state index is 10.6. The molecule has 1 unspecified atom stereocenters. The van der Waals surface area contributed by atoms with E-state index in [0.717, 1.165) is 43.6 Å². The van der Waals surface area contributed by atoms with Crippen molar-refractivity contribution in [2.45, 2.75) is 38.1 Å². The molecular weight excluding hydrogens is 228 g/mol. The van der Waals surface area contributed by atoms with Crippen LogP contribution >= 0.6 is 0 Å². The lowest BCUT2D eigenvalue weighted by atomic mass is 9.98. The molecule has 4 N–H and O–H groups in total. The largest absolute Gasteiger partial charge is 0.493 e. The van der Waals surface area contributed by atoms with Crippen LogP contribution in [-0.2, 0) is 11.2 Å². The molecular formula is C14H20N2O2. The standard InChI is InChI=1S/C14H20N2O2/c15-12(3-1-2-4-14(16)17)10-5-6-13-11(9-10)7-8-18-13/h5-6,9,12H,1-4,7-8,15H2,(H2,16,17). The van der Waals surface area contributed by atoms with Gasteiger partial charge in [-0.05, 0) is 30.0 Å². The summed E-state index contributed by atoms with van der Waals surface area (Å²) < 4.78 is 5.47. The third-order valence-electron chi connectivity index (χ3n) is 3.33. The molecule has 1 aromatic carbocycles.